The maximum absolute atomic E-state index is 3.54. The van der Waals surface area contributed by atoms with E-state index in [0.29, 0.717) is 0 Å². The van der Waals surface area contributed by atoms with E-state index in [1.807, 2.05) is 0 Å². The van der Waals surface area contributed by atoms with Crippen LogP contribution < -0.4 is 5.46 Å². The van der Waals surface area contributed by atoms with Crippen molar-refractivity contribution in [2.75, 3.05) is 0 Å². The quantitative estimate of drug-likeness (QED) is 0.688. The van der Waals surface area contributed by atoms with Crippen molar-refractivity contribution in [2.45, 2.75) is 0 Å². The molecule has 0 fully saturated rings. The summed E-state index contributed by atoms with van der Waals surface area (Å²) in [4.78, 5) is 2.74. The highest BCUT2D eigenvalue weighted by atomic mass is 79.9. The molecule has 2 rings (SSSR count). The largest absolute Gasteiger partial charge is 0.144 e. The highest BCUT2D eigenvalue weighted by Gasteiger charge is 2.07. The third-order valence-corrected chi connectivity index (χ3v) is 4.70. The van der Waals surface area contributed by atoms with E-state index in [1.54, 1.807) is 22.7 Å². The molecule has 0 saturated heterocycles. The molecule has 0 radical (unpaired) electrons. The van der Waals surface area contributed by atoms with Crippen LogP contribution in [0.15, 0.2) is 27.4 Å². The van der Waals surface area contributed by atoms with Crippen LogP contribution in [0.1, 0.15) is 0 Å². The summed E-state index contributed by atoms with van der Waals surface area (Å²) in [5.41, 5.74) is 1.36. The van der Waals surface area contributed by atoms with Crippen molar-refractivity contribution in [3.63, 3.8) is 0 Å². The number of thiophene rings is 2. The van der Waals surface area contributed by atoms with Crippen LogP contribution in [0.4, 0.5) is 0 Å². The van der Waals surface area contributed by atoms with Crippen LogP contribution >= 0.6 is 38.6 Å². The van der Waals surface area contributed by atoms with Crippen molar-refractivity contribution in [1.29, 1.82) is 0 Å². The first-order valence-electron chi connectivity index (χ1n) is 3.56. The van der Waals surface area contributed by atoms with E-state index in [1.165, 1.54) is 19.7 Å². The van der Waals surface area contributed by atoms with Gasteiger partial charge in [-0.05, 0) is 32.8 Å². The van der Waals surface area contributed by atoms with E-state index in [-0.39, 0.29) is 0 Å². The first kappa shape index (κ1) is 8.54. The lowest BCUT2D eigenvalue weighted by molar-refractivity contribution is 1.88. The Kier molecular flexibility index (Phi) is 2.39. The molecular formula is C8H6BBrS2. The van der Waals surface area contributed by atoms with Gasteiger partial charge in [0.25, 0.3) is 0 Å². The number of rotatable bonds is 1. The zero-order valence-electron chi connectivity index (χ0n) is 6.50. The monoisotopic (exact) mass is 256 g/mol. The summed E-state index contributed by atoms with van der Waals surface area (Å²) < 4.78 is 1.21. The van der Waals surface area contributed by atoms with Crippen molar-refractivity contribution in [2.24, 2.45) is 0 Å². The third-order valence-electron chi connectivity index (χ3n) is 1.69. The van der Waals surface area contributed by atoms with Gasteiger partial charge in [-0.15, -0.1) is 22.7 Å². The molecule has 0 aromatic carbocycles. The van der Waals surface area contributed by atoms with Crippen LogP contribution in [-0.4, -0.2) is 7.85 Å². The lowest BCUT2D eigenvalue weighted by Gasteiger charge is -1.95. The van der Waals surface area contributed by atoms with Crippen molar-refractivity contribution in [1.82, 2.24) is 0 Å². The Morgan fingerprint density at radius 2 is 1.75 bits per heavy atom. The van der Waals surface area contributed by atoms with Crippen LogP contribution in [0.5, 0.6) is 0 Å². The normalized spacial score (nSPS) is 10.4. The number of halogens is 1. The van der Waals surface area contributed by atoms with Crippen molar-refractivity contribution in [3.05, 3.63) is 27.4 Å². The summed E-state index contributed by atoms with van der Waals surface area (Å²) in [6.45, 7) is 0. The Balaban J connectivity index is 2.57. The fourth-order valence-electron chi connectivity index (χ4n) is 1.06. The third kappa shape index (κ3) is 1.39. The van der Waals surface area contributed by atoms with Gasteiger partial charge in [-0.3, -0.25) is 0 Å². The van der Waals surface area contributed by atoms with Gasteiger partial charge in [0.2, 0.25) is 0 Å². The topological polar surface area (TPSA) is 0 Å². The summed E-state index contributed by atoms with van der Waals surface area (Å²) in [5.74, 6) is 0. The van der Waals surface area contributed by atoms with E-state index < -0.39 is 0 Å². The Morgan fingerprint density at radius 1 is 1.08 bits per heavy atom. The molecule has 2 heterocycles. The summed E-state index contributed by atoms with van der Waals surface area (Å²) >= 11 is 7.13. The molecule has 12 heavy (non-hydrogen) atoms. The molecule has 0 bridgehead atoms. The van der Waals surface area contributed by atoms with E-state index in [9.17, 15) is 0 Å². The highest BCUT2D eigenvalue weighted by molar-refractivity contribution is 9.10. The van der Waals surface area contributed by atoms with E-state index in [0.717, 1.165) is 0 Å². The van der Waals surface area contributed by atoms with E-state index >= 15 is 0 Å². The SMILES string of the molecule is Bc1ccsc1-c1sccc1Br. The second-order valence-corrected chi connectivity index (χ2v) is 5.22. The second kappa shape index (κ2) is 3.36. The van der Waals surface area contributed by atoms with Gasteiger partial charge in [0.05, 0.1) is 4.88 Å². The van der Waals surface area contributed by atoms with E-state index in [4.69, 9.17) is 0 Å². The van der Waals surface area contributed by atoms with Crippen LogP contribution in [0.2, 0.25) is 0 Å². The molecule has 4 heteroatoms. The van der Waals surface area contributed by atoms with Crippen LogP contribution in [0, 0.1) is 0 Å². The molecular weight excluding hydrogens is 251 g/mol. The van der Waals surface area contributed by atoms with Gasteiger partial charge in [0, 0.05) is 9.35 Å². The Bertz CT molecular complexity index is 353. The molecule has 2 aromatic rings. The molecule has 0 aliphatic carbocycles. The van der Waals surface area contributed by atoms with Crippen molar-refractivity contribution < 1.29 is 0 Å². The fourth-order valence-corrected chi connectivity index (χ4v) is 3.93. The van der Waals surface area contributed by atoms with Crippen LogP contribution in [0.25, 0.3) is 9.75 Å². The molecule has 0 nitrogen and oxygen atoms in total. The minimum absolute atomic E-state index is 1.21. The summed E-state index contributed by atoms with van der Waals surface area (Å²) in [6, 6.07) is 4.26. The van der Waals surface area contributed by atoms with Gasteiger partial charge in [-0.25, -0.2) is 0 Å². The van der Waals surface area contributed by atoms with Crippen LogP contribution in [-0.2, 0) is 0 Å². The Morgan fingerprint density at radius 3 is 2.25 bits per heavy atom. The summed E-state index contributed by atoms with van der Waals surface area (Å²) in [5, 5.41) is 4.25. The zero-order valence-corrected chi connectivity index (χ0v) is 9.72. The molecule has 0 atom stereocenters. The maximum Gasteiger partial charge on any atom is 0.141 e. The lowest BCUT2D eigenvalue weighted by Crippen LogP contribution is -1.98. The molecule has 0 unspecified atom stereocenters. The second-order valence-electron chi connectivity index (χ2n) is 2.53. The smallest absolute Gasteiger partial charge is 0.141 e. The first-order chi connectivity index (χ1) is 5.79. The fraction of sp³-hybridized carbons (Fsp3) is 0. The maximum atomic E-state index is 3.54. The minimum Gasteiger partial charge on any atom is -0.144 e. The summed E-state index contributed by atoms with van der Waals surface area (Å²) in [7, 11) is 2.15. The number of hydrogen-bond acceptors (Lipinski definition) is 2. The van der Waals surface area contributed by atoms with E-state index in [2.05, 4.69) is 46.7 Å². The molecule has 60 valence electrons. The molecule has 0 aliphatic rings. The Hall–Kier alpha value is -0.0551. The lowest BCUT2D eigenvalue weighted by atomic mass is 9.97. The Labute approximate surface area is 88.8 Å². The average Bonchev–Trinajstić information content (AvgIpc) is 2.59. The van der Waals surface area contributed by atoms with Gasteiger partial charge in [-0.1, -0.05) is 11.5 Å². The molecule has 0 aliphatic heterocycles. The van der Waals surface area contributed by atoms with Gasteiger partial charge < -0.3 is 0 Å². The molecule has 0 saturated carbocycles. The highest BCUT2D eigenvalue weighted by Crippen LogP contribution is 2.34. The molecule has 2 aromatic heterocycles. The van der Waals surface area contributed by atoms with Gasteiger partial charge in [0.15, 0.2) is 0 Å². The van der Waals surface area contributed by atoms with Crippen molar-refractivity contribution >= 4 is 51.9 Å². The molecule has 0 N–H and O–H groups in total. The molecule has 0 amide bonds. The van der Waals surface area contributed by atoms with Crippen molar-refractivity contribution in [3.8, 4) is 9.75 Å². The standard InChI is InChI=1S/C8H6BBrS2/c9-5-1-3-11-7(5)8-6(10)2-4-12-8/h1-4H,9H2. The first-order valence-corrected chi connectivity index (χ1v) is 6.11. The average molecular weight is 257 g/mol. The van der Waals surface area contributed by atoms with Gasteiger partial charge in [0.1, 0.15) is 7.85 Å². The predicted molar refractivity (Wildman–Crippen MR) is 63.5 cm³/mol. The van der Waals surface area contributed by atoms with Crippen LogP contribution in [0.3, 0.4) is 0 Å². The predicted octanol–water partition coefficient (Wildman–Crippen LogP) is 2.50. The molecule has 0 spiro atoms. The van der Waals surface area contributed by atoms with Gasteiger partial charge in [-0.2, -0.15) is 0 Å². The summed E-state index contributed by atoms with van der Waals surface area (Å²) in [6.07, 6.45) is 0. The number of hydrogen-bond donors (Lipinski definition) is 0. The van der Waals surface area contributed by atoms with Gasteiger partial charge >= 0.3 is 0 Å². The minimum atomic E-state index is 1.21. The zero-order chi connectivity index (χ0) is 8.55.